The average Bonchev–Trinajstić information content (AvgIpc) is 0.840. The summed E-state index contributed by atoms with van der Waals surface area (Å²) in [6.07, 6.45) is -8.33. The average molecular weight is 1600 g/mol. The summed E-state index contributed by atoms with van der Waals surface area (Å²) in [6, 6.07) is 20.6. The predicted molar refractivity (Wildman–Crippen MR) is 399 cm³/mol. The number of aliphatic hydroxyl groups is 2. The van der Waals surface area contributed by atoms with Gasteiger partial charge in [0.15, 0.2) is 36.0 Å². The number of amides is 7. The van der Waals surface area contributed by atoms with E-state index >= 15 is 0 Å². The van der Waals surface area contributed by atoms with Crippen LogP contribution in [0.2, 0.25) is 0 Å². The lowest BCUT2D eigenvalue weighted by molar-refractivity contribution is -0.386. The van der Waals surface area contributed by atoms with E-state index in [0.29, 0.717) is 29.2 Å². The molecule has 3 saturated heterocycles. The van der Waals surface area contributed by atoms with Gasteiger partial charge in [-0.2, -0.15) is 0 Å². The molecule has 8 atom stereocenters. The Kier molecular flexibility index (Phi) is 26.3. The molecule has 114 heavy (non-hydrogen) atoms. The number of aliphatic hydroxyl groups excluding tert-OH is 1. The van der Waals surface area contributed by atoms with Gasteiger partial charge >= 0.3 is 6.09 Å². The van der Waals surface area contributed by atoms with E-state index in [-0.39, 0.29) is 173 Å². The monoisotopic (exact) mass is 1600 g/mol. The van der Waals surface area contributed by atoms with Crippen molar-refractivity contribution in [1.29, 1.82) is 0 Å². The van der Waals surface area contributed by atoms with Crippen LogP contribution in [0.5, 0.6) is 28.7 Å². The molecule has 36 nitrogen and oxygen atoms in total. The summed E-state index contributed by atoms with van der Waals surface area (Å²) >= 11 is 1.24. The first kappa shape index (κ1) is 82.4. The number of hydrogen-bond acceptors (Lipinski definition) is 29. The van der Waals surface area contributed by atoms with Crippen LogP contribution in [-0.4, -0.2) is 251 Å². The van der Waals surface area contributed by atoms with E-state index < -0.39 is 142 Å². The number of likely N-dealkylation sites (tertiary alicyclic amines) is 1. The number of carbonyl (C=O) groups is 10. The lowest BCUT2D eigenvalue weighted by atomic mass is 9.72. The molecule has 1 aromatic heterocycles. The molecule has 606 valence electrons. The largest absolute Gasteiger partial charge is 0.507 e. The van der Waals surface area contributed by atoms with E-state index in [9.17, 15) is 78.5 Å². The number of ether oxygens (including phenoxy) is 10. The van der Waals surface area contributed by atoms with Gasteiger partial charge in [-0.15, -0.1) is 16.9 Å². The second kappa shape index (κ2) is 36.4. The number of benzene rings is 5. The number of hydrogen-bond donors (Lipinski definition) is 7. The molecule has 37 heteroatoms. The van der Waals surface area contributed by atoms with Gasteiger partial charge in [0.05, 0.1) is 135 Å². The Hall–Kier alpha value is -11.0. The zero-order chi connectivity index (χ0) is 81.2. The SMILES string of the molecule is CNC(=O)CCSC1CC(=O)N(CCC(=O)NCCC(=O)N2Cc3ccccc3-c3c(nnn3CCOCCOCCOCCNC(=O)COc3cc([N+](=O)[O-])c(C(C)OC(=O)N4CO[C@@H]5[C@H](C)OC(OC6CC(O)(C(=O)CO)Cc7c(O)c8c(c(O)c76)C(=O)c6c(OC)cccc6C8=O)C[C@@H]54)cc3OC)-c3ccccc32)C1=O. The number of nitro groups is 1. The lowest BCUT2D eigenvalue weighted by Gasteiger charge is -2.42. The number of anilines is 1. The highest BCUT2D eigenvalue weighted by Crippen LogP contribution is 2.53. The molecule has 6 aliphatic rings. The maximum absolute atomic E-state index is 14.2. The van der Waals surface area contributed by atoms with Crippen molar-refractivity contribution in [3.05, 3.63) is 133 Å². The number of carbonyl (C=O) groups excluding carboxylic acids is 10. The molecule has 5 heterocycles. The Bertz CT molecular complexity index is 4730. The number of imide groups is 1. The number of ketones is 3. The third-order valence-electron chi connectivity index (χ3n) is 20.5. The third kappa shape index (κ3) is 17.5. The van der Waals surface area contributed by atoms with Crippen molar-refractivity contribution in [2.75, 3.05) is 111 Å². The highest BCUT2D eigenvalue weighted by atomic mass is 32.2. The molecule has 5 unspecified atom stereocenters. The van der Waals surface area contributed by atoms with E-state index in [1.54, 1.807) is 16.5 Å². The number of fused-ring (bicyclic) bond motifs is 9. The van der Waals surface area contributed by atoms with Crippen LogP contribution >= 0.6 is 11.8 Å². The van der Waals surface area contributed by atoms with Crippen LogP contribution in [0.3, 0.4) is 0 Å². The first-order valence-electron chi connectivity index (χ1n) is 36.9. The van der Waals surface area contributed by atoms with Crippen molar-refractivity contribution in [3.63, 3.8) is 0 Å². The molecule has 0 radical (unpaired) electrons. The van der Waals surface area contributed by atoms with Crippen LogP contribution in [0, 0.1) is 10.1 Å². The smallest absolute Gasteiger partial charge is 0.412 e. The standard InChI is InChI=1S/C77H86N10O26S/c1-41(112-76(100)85-40-110-74-42(2)111-63(33-51(74)85)113-55-36-77(101,57(89)38-88)35-48-65(55)73(98)67-66(71(48)96)70(95)46-14-10-16-52(104-4)64(46)72(67)97)47-31-53(105-5)54(32-50(47)87(102)103)109-39-60(92)80-21-24-106-26-28-108-29-27-107-25-23-86-69-44-12-7-6-11-43(44)37-84(49-15-9-8-13-45(49)68(69)81-82-86)61(93)17-20-79-59(91)18-22-83-62(94)34-56(75(83)99)114-30-19-58(90)78-3/h6-16,31-32,41-42,51,55-56,63,74,88,96,98,101H,17-30,33-40H2,1-5H3,(H,78,90)(H,79,91)(H,80,92)/t41?,42-,51-,55?,56?,63?,74+,77?/m0/s1. The summed E-state index contributed by atoms with van der Waals surface area (Å²) in [5.74, 6) is -6.44. The molecule has 0 saturated carbocycles. The first-order chi connectivity index (χ1) is 54.9. The number of nitrogens with zero attached hydrogens (tertiary/aromatic N) is 7. The fourth-order valence-electron chi connectivity index (χ4n) is 14.8. The summed E-state index contributed by atoms with van der Waals surface area (Å²) in [6.45, 7) is 2.66. The van der Waals surface area contributed by atoms with Gasteiger partial charge in [0.25, 0.3) is 11.6 Å². The predicted octanol–water partition coefficient (Wildman–Crippen LogP) is 4.06. The minimum absolute atomic E-state index is 0.0000841. The van der Waals surface area contributed by atoms with Crippen LogP contribution in [0.25, 0.3) is 22.5 Å². The minimum Gasteiger partial charge on any atom is -0.507 e. The Morgan fingerprint density at radius 3 is 2.23 bits per heavy atom. The van der Waals surface area contributed by atoms with Crippen molar-refractivity contribution in [2.24, 2.45) is 0 Å². The highest BCUT2D eigenvalue weighted by Gasteiger charge is 2.53. The van der Waals surface area contributed by atoms with Gasteiger partial charge in [0.1, 0.15) is 54.1 Å². The Morgan fingerprint density at radius 1 is 0.789 bits per heavy atom. The summed E-state index contributed by atoms with van der Waals surface area (Å²) in [5.41, 5.74) is -0.914. The number of methoxy groups -OCH3 is 2. The van der Waals surface area contributed by atoms with Crippen LogP contribution in [-0.2, 0) is 86.2 Å². The zero-order valence-electron chi connectivity index (χ0n) is 62.9. The molecule has 0 spiro atoms. The maximum atomic E-state index is 14.2. The Balaban J connectivity index is 0.569. The first-order valence-corrected chi connectivity index (χ1v) is 37.9. The van der Waals surface area contributed by atoms with Crippen molar-refractivity contribution >= 4 is 82.0 Å². The number of phenolic OH excluding ortho intramolecular Hbond substituents is 2. The van der Waals surface area contributed by atoms with Gasteiger partial charge in [-0.25, -0.2) is 9.48 Å². The van der Waals surface area contributed by atoms with Crippen LogP contribution in [0.15, 0.2) is 78.9 Å². The Labute approximate surface area is 656 Å². The van der Waals surface area contributed by atoms with Gasteiger partial charge in [0.2, 0.25) is 35.3 Å². The highest BCUT2D eigenvalue weighted by molar-refractivity contribution is 8.00. The molecule has 3 fully saturated rings. The molecule has 7 N–H and O–H groups in total. The number of rotatable bonds is 34. The van der Waals surface area contributed by atoms with Crippen molar-refractivity contribution < 1.29 is 121 Å². The van der Waals surface area contributed by atoms with Gasteiger partial charge in [-0.05, 0) is 37.6 Å². The molecular formula is C77H86N10O26S. The number of Topliss-reactive ketones (excluding diaryl/α,β-unsaturated/α-hetero) is 1. The van der Waals surface area contributed by atoms with E-state index in [0.717, 1.165) is 27.8 Å². The number of phenols is 2. The Morgan fingerprint density at radius 2 is 1.49 bits per heavy atom. The quantitative estimate of drug-likeness (QED) is 0.00982. The fourth-order valence-corrected chi connectivity index (χ4v) is 15.9. The van der Waals surface area contributed by atoms with Gasteiger partial charge in [-0.1, -0.05) is 59.8 Å². The number of aromatic nitrogens is 3. The van der Waals surface area contributed by atoms with Crippen LogP contribution in [0.4, 0.5) is 16.2 Å². The fraction of sp³-hybridized carbons (Fsp3) is 0.455. The van der Waals surface area contributed by atoms with Crippen LogP contribution in [0.1, 0.15) is 119 Å². The van der Waals surface area contributed by atoms with Crippen molar-refractivity contribution in [2.45, 2.75) is 119 Å². The molecule has 5 aromatic carbocycles. The second-order valence-corrected chi connectivity index (χ2v) is 28.8. The lowest BCUT2D eigenvalue weighted by Crippen LogP contribution is -2.52. The van der Waals surface area contributed by atoms with E-state index in [2.05, 4.69) is 26.3 Å². The van der Waals surface area contributed by atoms with Gasteiger partial charge in [0, 0.05) is 105 Å². The zero-order valence-corrected chi connectivity index (χ0v) is 63.7. The third-order valence-corrected chi connectivity index (χ3v) is 21.7. The molecule has 2 aliphatic carbocycles. The molecule has 4 aliphatic heterocycles. The van der Waals surface area contributed by atoms with Gasteiger partial charge < -0.3 is 88.6 Å². The minimum atomic E-state index is -2.43. The number of nitrogens with one attached hydrogen (secondary N) is 3. The van der Waals surface area contributed by atoms with Crippen molar-refractivity contribution in [3.8, 4) is 51.3 Å². The normalized spacial score (nSPS) is 20.2. The molecule has 6 aromatic rings. The molecule has 12 rings (SSSR count). The van der Waals surface area contributed by atoms with Gasteiger partial charge in [-0.3, -0.25) is 63.1 Å². The number of thioether (sulfide) groups is 1. The number of aromatic hydroxyl groups is 2. The maximum Gasteiger partial charge on any atom is 0.412 e. The molecular weight excluding hydrogens is 1510 g/mol. The summed E-state index contributed by atoms with van der Waals surface area (Å²) in [7, 11) is 4.07. The van der Waals surface area contributed by atoms with E-state index in [1.807, 2.05) is 48.5 Å². The summed E-state index contributed by atoms with van der Waals surface area (Å²) in [5, 5.41) is 74.7. The number of para-hydroxylation sites is 1. The van der Waals surface area contributed by atoms with E-state index in [4.69, 9.17) is 47.4 Å². The van der Waals surface area contributed by atoms with Crippen molar-refractivity contribution in [1.82, 2.24) is 40.7 Å². The topological polar surface area (TPSA) is 464 Å². The second-order valence-electron chi connectivity index (χ2n) is 27.5. The number of nitro benzene ring substituents is 1. The van der Waals surface area contributed by atoms with Crippen LogP contribution < -0.4 is 35.1 Å². The molecule has 0 bridgehead atoms. The summed E-state index contributed by atoms with van der Waals surface area (Å²) in [4.78, 5) is 149. The van der Waals surface area contributed by atoms with E-state index in [1.165, 1.54) is 69.1 Å². The summed E-state index contributed by atoms with van der Waals surface area (Å²) < 4.78 is 60.0. The molecule has 7 amide bonds.